The van der Waals surface area contributed by atoms with Crippen molar-refractivity contribution >= 4 is 11.6 Å². The summed E-state index contributed by atoms with van der Waals surface area (Å²) in [4.78, 5) is 11.8. The lowest BCUT2D eigenvalue weighted by molar-refractivity contribution is -0.137. The van der Waals surface area contributed by atoms with Gasteiger partial charge in [-0.3, -0.25) is 4.79 Å². The van der Waals surface area contributed by atoms with Crippen molar-refractivity contribution in [1.82, 2.24) is 5.32 Å². The standard InChI is InChI=1S/C18H23F3N2O/c19-18(20,21)15-7-4-8-16(13-15)23-17(24)10-12-22-11-9-14-5-2-1-3-6-14/h4-5,7-8,13,22H,1-3,6,9-12H2,(H,23,24). The van der Waals surface area contributed by atoms with Gasteiger partial charge in [0.15, 0.2) is 0 Å². The molecule has 1 aliphatic carbocycles. The Balaban J connectivity index is 1.67. The van der Waals surface area contributed by atoms with E-state index in [1.807, 2.05) is 0 Å². The third-order valence-electron chi connectivity index (χ3n) is 4.01. The highest BCUT2D eigenvalue weighted by Gasteiger charge is 2.30. The normalized spacial score (nSPS) is 15.0. The molecule has 1 aromatic carbocycles. The lowest BCUT2D eigenvalue weighted by Gasteiger charge is -2.13. The van der Waals surface area contributed by atoms with Gasteiger partial charge in [-0.1, -0.05) is 17.7 Å². The molecular formula is C18H23F3N2O. The van der Waals surface area contributed by atoms with E-state index in [0.29, 0.717) is 6.54 Å². The van der Waals surface area contributed by atoms with Crippen molar-refractivity contribution in [2.45, 2.75) is 44.7 Å². The van der Waals surface area contributed by atoms with Gasteiger partial charge in [0.2, 0.25) is 5.91 Å². The van der Waals surface area contributed by atoms with Crippen LogP contribution in [0.25, 0.3) is 0 Å². The van der Waals surface area contributed by atoms with E-state index in [4.69, 9.17) is 0 Å². The topological polar surface area (TPSA) is 41.1 Å². The molecule has 0 atom stereocenters. The first kappa shape index (κ1) is 18.5. The fourth-order valence-electron chi connectivity index (χ4n) is 2.70. The summed E-state index contributed by atoms with van der Waals surface area (Å²) in [6.07, 6.45) is 3.97. The smallest absolute Gasteiger partial charge is 0.326 e. The molecule has 2 N–H and O–H groups in total. The zero-order valence-electron chi connectivity index (χ0n) is 13.6. The molecule has 0 spiro atoms. The van der Waals surface area contributed by atoms with Gasteiger partial charge < -0.3 is 10.6 Å². The highest BCUT2D eigenvalue weighted by molar-refractivity contribution is 5.90. The molecule has 0 unspecified atom stereocenters. The molecule has 0 heterocycles. The highest BCUT2D eigenvalue weighted by atomic mass is 19.4. The number of rotatable bonds is 7. The Bertz CT molecular complexity index is 582. The van der Waals surface area contributed by atoms with E-state index < -0.39 is 11.7 Å². The summed E-state index contributed by atoms with van der Waals surface area (Å²) >= 11 is 0. The molecule has 0 bridgehead atoms. The van der Waals surface area contributed by atoms with E-state index in [1.165, 1.54) is 30.5 Å². The lowest BCUT2D eigenvalue weighted by atomic mass is 9.97. The summed E-state index contributed by atoms with van der Waals surface area (Å²) in [6.45, 7) is 1.33. The molecule has 0 fully saturated rings. The van der Waals surface area contributed by atoms with E-state index in [2.05, 4.69) is 16.7 Å². The summed E-state index contributed by atoms with van der Waals surface area (Å²) in [6, 6.07) is 4.67. The lowest BCUT2D eigenvalue weighted by Crippen LogP contribution is -2.23. The molecule has 24 heavy (non-hydrogen) atoms. The maximum Gasteiger partial charge on any atom is 0.416 e. The minimum Gasteiger partial charge on any atom is -0.326 e. The van der Waals surface area contributed by atoms with Crippen molar-refractivity contribution in [1.29, 1.82) is 0 Å². The highest BCUT2D eigenvalue weighted by Crippen LogP contribution is 2.30. The number of benzene rings is 1. The second-order valence-electron chi connectivity index (χ2n) is 5.98. The van der Waals surface area contributed by atoms with Crippen LogP contribution in [0.2, 0.25) is 0 Å². The number of hydrogen-bond acceptors (Lipinski definition) is 2. The van der Waals surface area contributed by atoms with Crippen LogP contribution in [-0.4, -0.2) is 19.0 Å². The number of halogens is 3. The molecule has 0 aliphatic heterocycles. The Morgan fingerprint density at radius 2 is 2.00 bits per heavy atom. The van der Waals surface area contributed by atoms with Gasteiger partial charge in [-0.15, -0.1) is 0 Å². The number of nitrogens with one attached hydrogen (secondary N) is 2. The first-order valence-electron chi connectivity index (χ1n) is 8.31. The predicted molar refractivity (Wildman–Crippen MR) is 88.7 cm³/mol. The van der Waals surface area contributed by atoms with Crippen LogP contribution < -0.4 is 10.6 Å². The molecule has 0 aromatic heterocycles. The zero-order valence-corrected chi connectivity index (χ0v) is 13.6. The molecule has 2 rings (SSSR count). The summed E-state index contributed by atoms with van der Waals surface area (Å²) in [5.41, 5.74) is 0.878. The number of alkyl halides is 3. The van der Waals surface area contributed by atoms with E-state index in [-0.39, 0.29) is 18.0 Å². The van der Waals surface area contributed by atoms with Gasteiger partial charge in [-0.05, 0) is 56.8 Å². The number of carbonyl (C=O) groups is 1. The van der Waals surface area contributed by atoms with Crippen LogP contribution in [-0.2, 0) is 11.0 Å². The van der Waals surface area contributed by atoms with E-state index in [0.717, 1.165) is 37.9 Å². The third kappa shape index (κ3) is 6.35. The van der Waals surface area contributed by atoms with Crippen molar-refractivity contribution in [2.24, 2.45) is 0 Å². The average molecular weight is 340 g/mol. The summed E-state index contributed by atoms with van der Waals surface area (Å²) in [5, 5.41) is 5.71. The first-order valence-corrected chi connectivity index (χ1v) is 8.31. The Hall–Kier alpha value is -1.82. The average Bonchev–Trinajstić information content (AvgIpc) is 2.55. The number of allylic oxidation sites excluding steroid dienone is 1. The Labute approximate surface area is 140 Å². The molecule has 132 valence electrons. The van der Waals surface area contributed by atoms with Crippen LogP contribution >= 0.6 is 0 Å². The summed E-state index contributed by atoms with van der Waals surface area (Å²) < 4.78 is 37.9. The van der Waals surface area contributed by atoms with Crippen LogP contribution in [0.3, 0.4) is 0 Å². The van der Waals surface area contributed by atoms with E-state index in [9.17, 15) is 18.0 Å². The first-order chi connectivity index (χ1) is 11.4. The number of anilines is 1. The monoisotopic (exact) mass is 340 g/mol. The van der Waals surface area contributed by atoms with Crippen LogP contribution in [0.5, 0.6) is 0 Å². The van der Waals surface area contributed by atoms with Gasteiger partial charge in [0.1, 0.15) is 0 Å². The largest absolute Gasteiger partial charge is 0.416 e. The predicted octanol–water partition coefficient (Wildman–Crippen LogP) is 4.51. The second kappa shape index (κ2) is 8.87. The van der Waals surface area contributed by atoms with Gasteiger partial charge >= 0.3 is 6.18 Å². The van der Waals surface area contributed by atoms with E-state index >= 15 is 0 Å². The quantitative estimate of drug-likeness (QED) is 0.566. The van der Waals surface area contributed by atoms with Crippen molar-refractivity contribution in [3.63, 3.8) is 0 Å². The molecule has 0 saturated heterocycles. The molecule has 0 radical (unpaired) electrons. The van der Waals surface area contributed by atoms with Gasteiger partial charge in [0.05, 0.1) is 5.56 Å². The number of amides is 1. The minimum atomic E-state index is -4.41. The Morgan fingerprint density at radius 1 is 1.17 bits per heavy atom. The number of hydrogen-bond donors (Lipinski definition) is 2. The van der Waals surface area contributed by atoms with Gasteiger partial charge in [-0.2, -0.15) is 13.2 Å². The van der Waals surface area contributed by atoms with Crippen LogP contribution in [0, 0.1) is 0 Å². The molecule has 0 saturated carbocycles. The van der Waals surface area contributed by atoms with Crippen LogP contribution in [0.1, 0.15) is 44.1 Å². The van der Waals surface area contributed by atoms with Gasteiger partial charge in [0.25, 0.3) is 0 Å². The summed E-state index contributed by atoms with van der Waals surface area (Å²) in [7, 11) is 0. The molecular weight excluding hydrogens is 317 g/mol. The van der Waals surface area contributed by atoms with Gasteiger partial charge in [-0.25, -0.2) is 0 Å². The van der Waals surface area contributed by atoms with Gasteiger partial charge in [0, 0.05) is 18.7 Å². The Kier molecular flexibility index (Phi) is 6.85. The van der Waals surface area contributed by atoms with Crippen molar-refractivity contribution in [3.8, 4) is 0 Å². The van der Waals surface area contributed by atoms with E-state index in [1.54, 1.807) is 0 Å². The molecule has 1 aliphatic rings. The fraction of sp³-hybridized carbons (Fsp3) is 0.500. The van der Waals surface area contributed by atoms with Crippen LogP contribution in [0.4, 0.5) is 18.9 Å². The molecule has 1 aromatic rings. The van der Waals surface area contributed by atoms with Crippen molar-refractivity contribution < 1.29 is 18.0 Å². The Morgan fingerprint density at radius 3 is 2.71 bits per heavy atom. The second-order valence-corrected chi connectivity index (χ2v) is 5.98. The van der Waals surface area contributed by atoms with Crippen molar-refractivity contribution in [2.75, 3.05) is 18.4 Å². The molecule has 1 amide bonds. The zero-order chi connectivity index (χ0) is 17.4. The maximum atomic E-state index is 12.6. The third-order valence-corrected chi connectivity index (χ3v) is 4.01. The number of carbonyl (C=O) groups excluding carboxylic acids is 1. The maximum absolute atomic E-state index is 12.6. The summed E-state index contributed by atoms with van der Waals surface area (Å²) in [5.74, 6) is -0.293. The van der Waals surface area contributed by atoms with Crippen LogP contribution in [0.15, 0.2) is 35.9 Å². The van der Waals surface area contributed by atoms with Crippen molar-refractivity contribution in [3.05, 3.63) is 41.5 Å². The fourth-order valence-corrected chi connectivity index (χ4v) is 2.70. The SMILES string of the molecule is O=C(CCNCCC1=CCCCC1)Nc1cccc(C(F)(F)F)c1. The molecule has 3 nitrogen and oxygen atoms in total. The minimum absolute atomic E-state index is 0.169. The molecule has 6 heteroatoms.